The maximum absolute atomic E-state index is 13.0. The molecular formula is C27H29N5O2. The Kier molecular flexibility index (Phi) is 6.42. The molecule has 2 aromatic carbocycles. The molecule has 2 fully saturated rings. The summed E-state index contributed by atoms with van der Waals surface area (Å²) >= 11 is 0. The topological polar surface area (TPSA) is 60.0 Å². The van der Waals surface area contributed by atoms with Crippen LogP contribution in [0, 0.1) is 0 Å². The minimum atomic E-state index is -0.0804. The number of pyridine rings is 1. The summed E-state index contributed by atoms with van der Waals surface area (Å²) in [6.07, 6.45) is 1.54. The minimum Gasteiger partial charge on any atom is -0.368 e. The zero-order valence-corrected chi connectivity index (χ0v) is 19.2. The van der Waals surface area contributed by atoms with E-state index in [9.17, 15) is 9.59 Å². The van der Waals surface area contributed by atoms with Gasteiger partial charge in [0.2, 0.25) is 0 Å². The standard InChI is InChI=1S/C27H29N5O2/c33-26(31-17-13-29(14-18-31)23-7-3-1-4-8-23)22-11-12-25(28-21-22)27(34)32-19-15-30(16-20-32)24-9-5-2-6-10-24/h1-12,21H,13-20H2. The zero-order valence-electron chi connectivity index (χ0n) is 19.2. The summed E-state index contributed by atoms with van der Waals surface area (Å²) in [4.78, 5) is 38.5. The number of para-hydroxylation sites is 2. The van der Waals surface area contributed by atoms with Crippen molar-refractivity contribution in [2.75, 3.05) is 62.2 Å². The fourth-order valence-corrected chi connectivity index (χ4v) is 4.60. The molecule has 7 heteroatoms. The van der Waals surface area contributed by atoms with Crippen molar-refractivity contribution in [2.45, 2.75) is 0 Å². The third kappa shape index (κ3) is 4.73. The van der Waals surface area contributed by atoms with Gasteiger partial charge in [-0.1, -0.05) is 36.4 Å². The van der Waals surface area contributed by atoms with Crippen LogP contribution in [0.5, 0.6) is 0 Å². The number of piperazine rings is 2. The number of nitrogens with zero attached hydrogens (tertiary/aromatic N) is 5. The Bertz CT molecular complexity index is 1010. The molecule has 7 nitrogen and oxygen atoms in total. The van der Waals surface area contributed by atoms with E-state index in [0.29, 0.717) is 37.4 Å². The molecule has 2 amide bonds. The van der Waals surface area contributed by atoms with E-state index in [1.807, 2.05) is 46.2 Å². The first-order valence-electron chi connectivity index (χ1n) is 11.8. The lowest BCUT2D eigenvalue weighted by molar-refractivity contribution is 0.0730. The first-order chi connectivity index (χ1) is 16.7. The smallest absolute Gasteiger partial charge is 0.272 e. The lowest BCUT2D eigenvalue weighted by Gasteiger charge is -2.36. The molecule has 0 unspecified atom stereocenters. The van der Waals surface area contributed by atoms with Crippen molar-refractivity contribution in [1.82, 2.24) is 14.8 Å². The highest BCUT2D eigenvalue weighted by molar-refractivity contribution is 5.96. The van der Waals surface area contributed by atoms with Gasteiger partial charge in [0.1, 0.15) is 5.69 Å². The highest BCUT2D eigenvalue weighted by atomic mass is 16.2. The van der Waals surface area contributed by atoms with Gasteiger partial charge in [-0.2, -0.15) is 0 Å². The summed E-state index contributed by atoms with van der Waals surface area (Å²) in [5, 5.41) is 0. The Morgan fingerprint density at radius 2 is 1.03 bits per heavy atom. The average Bonchev–Trinajstić information content (AvgIpc) is 2.93. The normalized spacial score (nSPS) is 16.5. The van der Waals surface area contributed by atoms with E-state index in [0.717, 1.165) is 26.2 Å². The fraction of sp³-hybridized carbons (Fsp3) is 0.296. The largest absolute Gasteiger partial charge is 0.368 e. The van der Waals surface area contributed by atoms with Crippen molar-refractivity contribution in [3.05, 3.63) is 90.3 Å². The van der Waals surface area contributed by atoms with E-state index < -0.39 is 0 Å². The van der Waals surface area contributed by atoms with Crippen molar-refractivity contribution in [3.63, 3.8) is 0 Å². The summed E-state index contributed by atoms with van der Waals surface area (Å²) in [5.74, 6) is -0.112. The van der Waals surface area contributed by atoms with E-state index in [1.54, 1.807) is 18.3 Å². The lowest BCUT2D eigenvalue weighted by Crippen LogP contribution is -2.49. The van der Waals surface area contributed by atoms with Crippen LogP contribution in [0.25, 0.3) is 0 Å². The molecule has 34 heavy (non-hydrogen) atoms. The van der Waals surface area contributed by atoms with Gasteiger partial charge >= 0.3 is 0 Å². The maximum Gasteiger partial charge on any atom is 0.272 e. The first kappa shape index (κ1) is 21.9. The van der Waals surface area contributed by atoms with Gasteiger partial charge < -0.3 is 19.6 Å². The van der Waals surface area contributed by atoms with Gasteiger partial charge in [0.15, 0.2) is 0 Å². The van der Waals surface area contributed by atoms with Gasteiger partial charge in [0, 0.05) is 69.9 Å². The summed E-state index contributed by atoms with van der Waals surface area (Å²) in [5.41, 5.74) is 3.28. The van der Waals surface area contributed by atoms with Crippen LogP contribution in [0.2, 0.25) is 0 Å². The van der Waals surface area contributed by atoms with Crippen LogP contribution < -0.4 is 9.80 Å². The molecule has 0 saturated carbocycles. The SMILES string of the molecule is O=C(c1ccc(C(=O)N2CCN(c3ccccc3)CC2)nc1)N1CCN(c2ccccc2)CC1. The molecular weight excluding hydrogens is 426 g/mol. The highest BCUT2D eigenvalue weighted by Gasteiger charge is 2.25. The van der Waals surface area contributed by atoms with E-state index in [4.69, 9.17) is 0 Å². The summed E-state index contributed by atoms with van der Waals surface area (Å²) in [6, 6.07) is 23.9. The van der Waals surface area contributed by atoms with Gasteiger partial charge in [-0.05, 0) is 36.4 Å². The molecule has 0 atom stereocenters. The second-order valence-electron chi connectivity index (χ2n) is 8.66. The average molecular weight is 456 g/mol. The molecule has 3 aromatic rings. The van der Waals surface area contributed by atoms with Gasteiger partial charge in [-0.15, -0.1) is 0 Å². The van der Waals surface area contributed by atoms with Gasteiger partial charge in [-0.3, -0.25) is 14.6 Å². The highest BCUT2D eigenvalue weighted by Crippen LogP contribution is 2.18. The molecule has 0 bridgehead atoms. The second-order valence-corrected chi connectivity index (χ2v) is 8.66. The summed E-state index contributed by atoms with van der Waals surface area (Å²) in [7, 11) is 0. The van der Waals surface area contributed by atoms with E-state index in [2.05, 4.69) is 39.0 Å². The predicted octanol–water partition coefficient (Wildman–Crippen LogP) is 3.01. The number of amides is 2. The van der Waals surface area contributed by atoms with Crippen LogP contribution in [0.4, 0.5) is 11.4 Å². The number of carbonyl (C=O) groups excluding carboxylic acids is 2. The minimum absolute atomic E-state index is 0.0318. The molecule has 0 radical (unpaired) electrons. The van der Waals surface area contributed by atoms with Gasteiger partial charge in [-0.25, -0.2) is 0 Å². The van der Waals surface area contributed by atoms with Crippen LogP contribution in [-0.2, 0) is 0 Å². The summed E-state index contributed by atoms with van der Waals surface area (Å²) in [6.45, 7) is 5.83. The Morgan fingerprint density at radius 1 is 0.559 bits per heavy atom. The van der Waals surface area contributed by atoms with Crippen LogP contribution in [0.1, 0.15) is 20.8 Å². The number of carbonyl (C=O) groups is 2. The predicted molar refractivity (Wildman–Crippen MR) is 133 cm³/mol. The Hall–Kier alpha value is -3.87. The fourth-order valence-electron chi connectivity index (χ4n) is 4.60. The van der Waals surface area contributed by atoms with Crippen LogP contribution in [-0.4, -0.2) is 79.0 Å². The molecule has 1 aromatic heterocycles. The van der Waals surface area contributed by atoms with Gasteiger partial charge in [0.25, 0.3) is 11.8 Å². The molecule has 2 saturated heterocycles. The van der Waals surface area contributed by atoms with E-state index >= 15 is 0 Å². The number of rotatable bonds is 4. The lowest BCUT2D eigenvalue weighted by atomic mass is 10.2. The van der Waals surface area contributed by atoms with Crippen LogP contribution in [0.15, 0.2) is 79.0 Å². The molecule has 2 aliphatic rings. The maximum atomic E-state index is 13.0. The molecule has 2 aliphatic heterocycles. The molecule has 5 rings (SSSR count). The number of anilines is 2. The number of hydrogen-bond acceptors (Lipinski definition) is 5. The van der Waals surface area contributed by atoms with Crippen molar-refractivity contribution in [1.29, 1.82) is 0 Å². The molecule has 3 heterocycles. The molecule has 0 N–H and O–H groups in total. The number of hydrogen-bond donors (Lipinski definition) is 0. The third-order valence-corrected chi connectivity index (χ3v) is 6.61. The number of benzene rings is 2. The molecule has 0 aliphatic carbocycles. The van der Waals surface area contributed by atoms with Crippen molar-refractivity contribution >= 4 is 23.2 Å². The van der Waals surface area contributed by atoms with Gasteiger partial charge in [0.05, 0.1) is 5.56 Å². The second kappa shape index (κ2) is 9.95. The zero-order chi connectivity index (χ0) is 23.3. The Balaban J connectivity index is 1.15. The molecule has 0 spiro atoms. The van der Waals surface area contributed by atoms with Crippen molar-refractivity contribution in [3.8, 4) is 0 Å². The number of aromatic nitrogens is 1. The molecule has 174 valence electrons. The summed E-state index contributed by atoms with van der Waals surface area (Å²) < 4.78 is 0. The van der Waals surface area contributed by atoms with Crippen LogP contribution >= 0.6 is 0 Å². The van der Waals surface area contributed by atoms with Crippen molar-refractivity contribution in [2.24, 2.45) is 0 Å². The third-order valence-electron chi connectivity index (χ3n) is 6.61. The van der Waals surface area contributed by atoms with E-state index in [1.165, 1.54) is 11.4 Å². The quantitative estimate of drug-likeness (QED) is 0.605. The van der Waals surface area contributed by atoms with Crippen LogP contribution in [0.3, 0.4) is 0 Å². The van der Waals surface area contributed by atoms with Crippen molar-refractivity contribution < 1.29 is 9.59 Å². The van der Waals surface area contributed by atoms with E-state index in [-0.39, 0.29) is 11.8 Å². The Morgan fingerprint density at radius 3 is 1.47 bits per heavy atom. The Labute approximate surface area is 200 Å². The monoisotopic (exact) mass is 455 g/mol. The first-order valence-corrected chi connectivity index (χ1v) is 11.8.